The van der Waals surface area contributed by atoms with Crippen molar-refractivity contribution in [3.63, 3.8) is 0 Å². The summed E-state index contributed by atoms with van der Waals surface area (Å²) in [5.41, 5.74) is 6.52. The molecule has 8 heteroatoms. The predicted molar refractivity (Wildman–Crippen MR) is 66.0 cm³/mol. The van der Waals surface area contributed by atoms with E-state index in [-0.39, 0.29) is 12.2 Å². The van der Waals surface area contributed by atoms with Crippen molar-refractivity contribution in [3.8, 4) is 0 Å². The SMILES string of the molecule is [2H][C@]1(CO)C[C@@H](n2cnc3c(N)ncnc32)[C@H](O)[C@@H]1O. The fourth-order valence-electron chi connectivity index (χ4n) is 2.50. The molecule has 0 amide bonds. The van der Waals surface area contributed by atoms with Gasteiger partial charge in [0, 0.05) is 13.9 Å². The number of imidazole rings is 1. The third kappa shape index (κ3) is 1.76. The van der Waals surface area contributed by atoms with E-state index < -0.39 is 30.8 Å². The first-order valence-corrected chi connectivity index (χ1v) is 5.88. The maximum absolute atomic E-state index is 10.1. The molecule has 5 N–H and O–H groups in total. The number of aliphatic hydroxyl groups excluding tert-OH is 3. The second-order valence-corrected chi connectivity index (χ2v) is 4.61. The van der Waals surface area contributed by atoms with Gasteiger partial charge >= 0.3 is 0 Å². The van der Waals surface area contributed by atoms with Crippen LogP contribution >= 0.6 is 0 Å². The molecule has 0 aromatic carbocycles. The minimum atomic E-state index is -1.50. The minimum Gasteiger partial charge on any atom is -0.396 e. The van der Waals surface area contributed by atoms with Gasteiger partial charge < -0.3 is 25.6 Å². The van der Waals surface area contributed by atoms with E-state index in [1.807, 2.05) is 0 Å². The van der Waals surface area contributed by atoms with Crippen LogP contribution in [0.25, 0.3) is 11.2 Å². The number of anilines is 1. The second kappa shape index (κ2) is 4.41. The molecule has 2 heterocycles. The summed E-state index contributed by atoms with van der Waals surface area (Å²) in [4.78, 5) is 12.0. The monoisotopic (exact) mass is 266 g/mol. The summed E-state index contributed by atoms with van der Waals surface area (Å²) >= 11 is 0. The molecule has 1 fully saturated rings. The molecule has 2 aromatic heterocycles. The maximum Gasteiger partial charge on any atom is 0.165 e. The van der Waals surface area contributed by atoms with Crippen molar-refractivity contribution in [3.05, 3.63) is 12.7 Å². The van der Waals surface area contributed by atoms with E-state index in [1.54, 1.807) is 4.57 Å². The average molecular weight is 266 g/mol. The first kappa shape index (κ1) is 11.1. The lowest BCUT2D eigenvalue weighted by molar-refractivity contribution is -0.00370. The van der Waals surface area contributed by atoms with Crippen LogP contribution in [0.4, 0.5) is 5.82 Å². The Balaban J connectivity index is 2.06. The molecule has 1 aliphatic carbocycles. The van der Waals surface area contributed by atoms with Gasteiger partial charge in [-0.05, 0) is 6.42 Å². The van der Waals surface area contributed by atoms with E-state index in [4.69, 9.17) is 7.10 Å². The Morgan fingerprint density at radius 1 is 1.37 bits per heavy atom. The minimum absolute atomic E-state index is 0.0845. The van der Waals surface area contributed by atoms with Gasteiger partial charge in [0.15, 0.2) is 11.5 Å². The zero-order valence-electron chi connectivity index (χ0n) is 11.0. The predicted octanol–water partition coefficient (Wildman–Crippen LogP) is -1.32. The molecular weight excluding hydrogens is 250 g/mol. The number of aliphatic hydroxyl groups is 3. The lowest BCUT2D eigenvalue weighted by Crippen LogP contribution is -2.30. The number of hydrogen-bond acceptors (Lipinski definition) is 7. The van der Waals surface area contributed by atoms with Gasteiger partial charge in [-0.3, -0.25) is 0 Å². The van der Waals surface area contributed by atoms with Crippen molar-refractivity contribution >= 4 is 17.0 Å². The molecular formula is C11H15N5O3. The molecule has 2 aromatic rings. The van der Waals surface area contributed by atoms with Gasteiger partial charge in [-0.25, -0.2) is 15.0 Å². The quantitative estimate of drug-likeness (QED) is 0.530. The standard InChI is InChI=1S/C11H15N5O3/c12-10-7-11(14-3-13-10)16(4-15-7)6-1-5(2-17)8(18)9(6)19/h3-6,8-9,17-19H,1-2H2,(H2,12,13,14)/t5-,6-,8-,9+/m1/s1/i5D. The summed E-state index contributed by atoms with van der Waals surface area (Å²) in [6, 6.07) is -0.603. The fourth-order valence-corrected chi connectivity index (χ4v) is 2.50. The van der Waals surface area contributed by atoms with Crippen molar-refractivity contribution in [2.75, 3.05) is 12.3 Å². The summed E-state index contributed by atoms with van der Waals surface area (Å²) in [5, 5.41) is 29.3. The Labute approximate surface area is 110 Å². The van der Waals surface area contributed by atoms with Crippen LogP contribution in [0.1, 0.15) is 13.8 Å². The van der Waals surface area contributed by atoms with Gasteiger partial charge in [-0.15, -0.1) is 0 Å². The highest BCUT2D eigenvalue weighted by Crippen LogP contribution is 2.36. The van der Waals surface area contributed by atoms with Gasteiger partial charge in [0.25, 0.3) is 0 Å². The van der Waals surface area contributed by atoms with Crippen LogP contribution in [-0.4, -0.2) is 53.7 Å². The van der Waals surface area contributed by atoms with Crippen molar-refractivity contribution in [2.24, 2.45) is 5.89 Å². The Hall–Kier alpha value is -1.77. The molecule has 19 heavy (non-hydrogen) atoms. The first-order chi connectivity index (χ1) is 9.48. The topological polar surface area (TPSA) is 130 Å². The molecule has 0 unspecified atom stereocenters. The highest BCUT2D eigenvalue weighted by atomic mass is 16.3. The van der Waals surface area contributed by atoms with E-state index >= 15 is 0 Å². The number of nitrogens with two attached hydrogens (primary N) is 1. The van der Waals surface area contributed by atoms with Gasteiger partial charge in [-0.1, -0.05) is 0 Å². The molecule has 0 bridgehead atoms. The van der Waals surface area contributed by atoms with Crippen LogP contribution in [-0.2, 0) is 0 Å². The summed E-state index contributed by atoms with van der Waals surface area (Å²) in [5.74, 6) is -1.28. The zero-order valence-corrected chi connectivity index (χ0v) is 10.0. The summed E-state index contributed by atoms with van der Waals surface area (Å²) in [6.07, 6.45) is 0.288. The molecule has 8 nitrogen and oxygen atoms in total. The molecule has 0 spiro atoms. The molecule has 3 rings (SSSR count). The van der Waals surface area contributed by atoms with Gasteiger partial charge in [-0.2, -0.15) is 0 Å². The lowest BCUT2D eigenvalue weighted by atomic mass is 10.1. The molecule has 0 aliphatic heterocycles. The van der Waals surface area contributed by atoms with Gasteiger partial charge in [0.05, 0.1) is 18.5 Å². The Bertz CT molecular complexity index is 650. The summed E-state index contributed by atoms with van der Waals surface area (Å²) in [6.45, 7) is -0.536. The summed E-state index contributed by atoms with van der Waals surface area (Å²) < 4.78 is 9.56. The van der Waals surface area contributed by atoms with Crippen molar-refractivity contribution in [1.82, 2.24) is 19.5 Å². The summed E-state index contributed by atoms with van der Waals surface area (Å²) in [7, 11) is 0. The van der Waals surface area contributed by atoms with Crippen LogP contribution in [0.3, 0.4) is 0 Å². The van der Waals surface area contributed by atoms with Crippen LogP contribution < -0.4 is 5.73 Å². The molecule has 1 saturated carbocycles. The van der Waals surface area contributed by atoms with Crippen LogP contribution in [0.2, 0.25) is 0 Å². The van der Waals surface area contributed by atoms with Crippen molar-refractivity contribution in [2.45, 2.75) is 24.7 Å². The number of rotatable bonds is 2. The zero-order chi connectivity index (χ0) is 14.5. The third-order valence-corrected chi connectivity index (χ3v) is 3.55. The second-order valence-electron chi connectivity index (χ2n) is 4.61. The Morgan fingerprint density at radius 3 is 2.84 bits per heavy atom. The number of aromatic nitrogens is 4. The highest BCUT2D eigenvalue weighted by Gasteiger charge is 2.42. The van der Waals surface area contributed by atoms with Crippen molar-refractivity contribution in [1.29, 1.82) is 0 Å². The molecule has 1 aliphatic rings. The van der Waals surface area contributed by atoms with E-state index in [2.05, 4.69) is 15.0 Å². The molecule has 0 radical (unpaired) electrons. The van der Waals surface area contributed by atoms with Crippen molar-refractivity contribution < 1.29 is 16.7 Å². The van der Waals surface area contributed by atoms with Crippen LogP contribution in [0, 0.1) is 5.89 Å². The Morgan fingerprint density at radius 2 is 2.16 bits per heavy atom. The largest absolute Gasteiger partial charge is 0.396 e. The normalized spacial score (nSPS) is 35.7. The molecule has 0 saturated heterocycles. The molecule has 4 atom stereocenters. The molecule has 102 valence electrons. The average Bonchev–Trinajstić information content (AvgIpc) is 2.96. The van der Waals surface area contributed by atoms with Gasteiger partial charge in [0.2, 0.25) is 0 Å². The number of fused-ring (bicyclic) bond motifs is 1. The smallest absolute Gasteiger partial charge is 0.165 e. The van der Waals surface area contributed by atoms with Gasteiger partial charge in [0.1, 0.15) is 17.9 Å². The van der Waals surface area contributed by atoms with E-state index in [0.29, 0.717) is 11.2 Å². The van der Waals surface area contributed by atoms with E-state index in [0.717, 1.165) is 0 Å². The number of hydrogen-bond donors (Lipinski definition) is 4. The van der Waals surface area contributed by atoms with E-state index in [9.17, 15) is 15.3 Å². The maximum atomic E-state index is 10.1. The number of nitrogen functional groups attached to an aromatic ring is 1. The third-order valence-electron chi connectivity index (χ3n) is 3.55. The van der Waals surface area contributed by atoms with E-state index in [1.165, 1.54) is 12.7 Å². The highest BCUT2D eigenvalue weighted by molar-refractivity contribution is 5.81. The first-order valence-electron chi connectivity index (χ1n) is 6.38. The number of nitrogens with zero attached hydrogens (tertiary/aromatic N) is 4. The van der Waals surface area contributed by atoms with Crippen LogP contribution in [0.5, 0.6) is 0 Å². The Kier molecular flexibility index (Phi) is 2.57. The lowest BCUT2D eigenvalue weighted by Gasteiger charge is -2.18. The van der Waals surface area contributed by atoms with Crippen LogP contribution in [0.15, 0.2) is 12.7 Å². The fraction of sp³-hybridized carbons (Fsp3) is 0.545.